The van der Waals surface area contributed by atoms with Gasteiger partial charge in [0.25, 0.3) is 15.9 Å². The van der Waals surface area contributed by atoms with Gasteiger partial charge in [-0.1, -0.05) is 31.8 Å². The maximum Gasteiger partial charge on any atom is 0.410 e. The molecular formula is C42H55FN8O9S. The summed E-state index contributed by atoms with van der Waals surface area (Å²) in [6, 6.07) is 4.67. The van der Waals surface area contributed by atoms with Crippen molar-refractivity contribution >= 4 is 51.3 Å². The van der Waals surface area contributed by atoms with Crippen molar-refractivity contribution in [2.24, 2.45) is 5.92 Å². The first-order valence-corrected chi connectivity index (χ1v) is 22.8. The molecule has 330 valence electrons. The van der Waals surface area contributed by atoms with Crippen LogP contribution in [0.2, 0.25) is 0 Å². The van der Waals surface area contributed by atoms with Crippen molar-refractivity contribution in [3.63, 3.8) is 0 Å². The number of carbonyl (C=O) groups excluding carboxylic acids is 5. The molecule has 4 fully saturated rings. The van der Waals surface area contributed by atoms with Crippen molar-refractivity contribution in [3.05, 3.63) is 61.2 Å². The van der Waals surface area contributed by atoms with Crippen molar-refractivity contribution in [3.8, 4) is 0 Å². The number of hydrogen-bond donors (Lipinski definition) is 4. The molecule has 0 bridgehead atoms. The highest BCUT2D eigenvalue weighted by Crippen LogP contribution is 2.45. The number of anilines is 2. The Hall–Kier alpha value is -5.46. The number of nitrogens with one attached hydrogen (secondary N) is 4. The fourth-order valence-corrected chi connectivity index (χ4v) is 10.0. The number of benzene rings is 1. The third-order valence-corrected chi connectivity index (χ3v) is 13.7. The molecule has 5 amide bonds. The SMILES string of the molecule is C=C[C@@H]1C[C@@]12NC(=O)[C@@H]1C[C@@H](OC(=O)N3CCN(c4ccncc4)CC3)CN1C(=O)[C@@H](NC(=O)OC1CCCC1)CCCCCCCNc1ccc(F)cc1S(=O)(=O)NC2=O. The van der Waals surface area contributed by atoms with E-state index in [-0.39, 0.29) is 37.6 Å². The van der Waals surface area contributed by atoms with Gasteiger partial charge in [-0.25, -0.2) is 27.1 Å². The second-order valence-corrected chi connectivity index (χ2v) is 18.2. The molecule has 2 saturated carbocycles. The minimum Gasteiger partial charge on any atom is -0.446 e. The molecular weight excluding hydrogens is 812 g/mol. The van der Waals surface area contributed by atoms with Crippen LogP contribution in [0.5, 0.6) is 0 Å². The van der Waals surface area contributed by atoms with E-state index in [0.29, 0.717) is 52.0 Å². The highest BCUT2D eigenvalue weighted by molar-refractivity contribution is 7.90. The van der Waals surface area contributed by atoms with Crippen molar-refractivity contribution in [1.29, 1.82) is 0 Å². The summed E-state index contributed by atoms with van der Waals surface area (Å²) in [4.78, 5) is 78.4. The minimum absolute atomic E-state index is 0.000405. The summed E-state index contributed by atoms with van der Waals surface area (Å²) in [5.74, 6) is -3.93. The number of amides is 5. The minimum atomic E-state index is -4.66. The second-order valence-electron chi connectivity index (χ2n) is 16.5. The Labute approximate surface area is 355 Å². The summed E-state index contributed by atoms with van der Waals surface area (Å²) >= 11 is 0. The summed E-state index contributed by atoms with van der Waals surface area (Å²) in [5, 5.41) is 8.54. The molecule has 5 aliphatic rings. The van der Waals surface area contributed by atoms with Crippen molar-refractivity contribution in [2.45, 2.75) is 112 Å². The molecule has 2 aromatic rings. The smallest absolute Gasteiger partial charge is 0.410 e. The van der Waals surface area contributed by atoms with Crippen LogP contribution in [0.25, 0.3) is 0 Å². The van der Waals surface area contributed by atoms with Gasteiger partial charge in [-0.3, -0.25) is 19.4 Å². The lowest BCUT2D eigenvalue weighted by Gasteiger charge is -2.35. The lowest BCUT2D eigenvalue weighted by atomic mass is 10.0. The Morgan fingerprint density at radius 2 is 1.62 bits per heavy atom. The number of pyridine rings is 1. The summed E-state index contributed by atoms with van der Waals surface area (Å²) < 4.78 is 55.6. The van der Waals surface area contributed by atoms with E-state index in [2.05, 4.69) is 37.1 Å². The molecule has 1 aromatic heterocycles. The molecule has 3 aliphatic heterocycles. The molecule has 61 heavy (non-hydrogen) atoms. The van der Waals surface area contributed by atoms with Gasteiger partial charge in [0, 0.05) is 63.1 Å². The van der Waals surface area contributed by atoms with E-state index < -0.39 is 80.3 Å². The Bertz CT molecular complexity index is 2070. The van der Waals surface area contributed by atoms with E-state index >= 15 is 0 Å². The topological polar surface area (TPSA) is 209 Å². The number of alkyl carbamates (subject to hydrolysis) is 1. The summed E-state index contributed by atoms with van der Waals surface area (Å²) in [6.45, 7) is 5.78. The predicted octanol–water partition coefficient (Wildman–Crippen LogP) is 3.82. The van der Waals surface area contributed by atoms with Crippen LogP contribution in [0.15, 0.2) is 60.3 Å². The zero-order valence-electron chi connectivity index (χ0n) is 34.2. The third-order valence-electron chi connectivity index (χ3n) is 12.3. The normalized spacial score (nSPS) is 27.8. The van der Waals surface area contributed by atoms with Gasteiger partial charge >= 0.3 is 12.2 Å². The van der Waals surface area contributed by atoms with Crippen LogP contribution < -0.4 is 25.6 Å². The van der Waals surface area contributed by atoms with Crippen LogP contribution >= 0.6 is 0 Å². The summed E-state index contributed by atoms with van der Waals surface area (Å²) in [6.07, 6.45) is 9.13. The van der Waals surface area contributed by atoms with Crippen molar-refractivity contribution in [2.75, 3.05) is 49.5 Å². The molecule has 7 rings (SSSR count). The highest BCUT2D eigenvalue weighted by Gasteiger charge is 2.61. The van der Waals surface area contributed by atoms with Gasteiger partial charge < -0.3 is 40.1 Å². The number of hydrogen-bond acceptors (Lipinski definition) is 12. The first-order chi connectivity index (χ1) is 29.4. The van der Waals surface area contributed by atoms with Crippen LogP contribution in [0, 0.1) is 11.7 Å². The van der Waals surface area contributed by atoms with Gasteiger partial charge in [-0.2, -0.15) is 0 Å². The van der Waals surface area contributed by atoms with Gasteiger partial charge in [0.05, 0.1) is 12.2 Å². The lowest BCUT2D eigenvalue weighted by molar-refractivity contribution is -0.141. The molecule has 1 aromatic carbocycles. The number of sulfonamides is 1. The molecule has 4 heterocycles. The van der Waals surface area contributed by atoms with Gasteiger partial charge in [-0.05, 0) is 75.3 Å². The Balaban J connectivity index is 1.13. The quantitative estimate of drug-likeness (QED) is 0.317. The lowest BCUT2D eigenvalue weighted by Crippen LogP contribution is -2.58. The number of piperazine rings is 1. The summed E-state index contributed by atoms with van der Waals surface area (Å²) in [7, 11) is -4.66. The van der Waals surface area contributed by atoms with Gasteiger partial charge in [-0.15, -0.1) is 6.58 Å². The summed E-state index contributed by atoms with van der Waals surface area (Å²) in [5.41, 5.74) is -0.682. The van der Waals surface area contributed by atoms with Crippen LogP contribution in [0.4, 0.5) is 25.4 Å². The standard InChI is InChI=1S/C42H55FN8O9S/c1-2-28-26-42(28)39(54)48-61(57,58)36-24-29(43)13-14-33(36)45-17-9-5-3-4-6-12-34(46-40(55)59-31-10-7-8-11-31)38(53)51-27-32(25-35(51)37(52)47-42)60-41(56)50-22-20-49(21-23-50)30-15-18-44-19-16-30/h2,13-16,18-19,24,28,31-32,34-35,45H,1,3-12,17,20-23,25-27H2,(H,46,55)(H,47,52)(H,48,54)/t28-,32-,34+,35+,42-/m1/s1. The van der Waals surface area contributed by atoms with E-state index in [9.17, 15) is 36.8 Å². The maximum absolute atomic E-state index is 14.6. The van der Waals surface area contributed by atoms with Crippen molar-refractivity contribution < 1.29 is 46.3 Å². The first-order valence-electron chi connectivity index (χ1n) is 21.3. The largest absolute Gasteiger partial charge is 0.446 e. The average Bonchev–Trinajstić information content (AvgIpc) is 3.49. The molecule has 17 nitrogen and oxygen atoms in total. The van der Waals surface area contributed by atoms with Gasteiger partial charge in [0.1, 0.15) is 40.5 Å². The predicted molar refractivity (Wildman–Crippen MR) is 221 cm³/mol. The molecule has 2 aliphatic carbocycles. The first kappa shape index (κ1) is 43.6. The van der Waals surface area contributed by atoms with E-state index in [0.717, 1.165) is 56.3 Å². The van der Waals surface area contributed by atoms with Crippen molar-refractivity contribution in [1.82, 2.24) is 30.1 Å². The zero-order chi connectivity index (χ0) is 43.1. The molecule has 5 atom stereocenters. The molecule has 0 unspecified atom stereocenters. The molecule has 1 spiro atoms. The molecule has 19 heteroatoms. The number of aromatic nitrogens is 1. The number of rotatable bonds is 5. The van der Waals surface area contributed by atoms with Crippen LogP contribution in [0.1, 0.15) is 77.0 Å². The molecule has 4 N–H and O–H groups in total. The number of carbonyl (C=O) groups is 5. The van der Waals surface area contributed by atoms with Gasteiger partial charge in [0.15, 0.2) is 0 Å². The van der Waals surface area contributed by atoms with E-state index in [1.165, 1.54) is 17.0 Å². The zero-order valence-corrected chi connectivity index (χ0v) is 35.0. The number of nitrogens with zero attached hydrogens (tertiary/aromatic N) is 4. The van der Waals surface area contributed by atoms with Gasteiger partial charge in [0.2, 0.25) is 11.8 Å². The van der Waals surface area contributed by atoms with E-state index in [1.807, 2.05) is 12.1 Å². The second kappa shape index (κ2) is 19.1. The average molecular weight is 867 g/mol. The van der Waals surface area contributed by atoms with Crippen LogP contribution in [-0.4, -0.2) is 122 Å². The third kappa shape index (κ3) is 10.4. The number of halogens is 1. The Morgan fingerprint density at radius 3 is 2.34 bits per heavy atom. The van der Waals surface area contributed by atoms with Crippen LogP contribution in [0.3, 0.4) is 0 Å². The highest BCUT2D eigenvalue weighted by atomic mass is 32.2. The fourth-order valence-electron chi connectivity index (χ4n) is 8.78. The number of ether oxygens (including phenoxy) is 2. The molecule has 0 radical (unpaired) electrons. The Kier molecular flexibility index (Phi) is 13.6. The van der Waals surface area contributed by atoms with E-state index in [4.69, 9.17) is 9.47 Å². The van der Waals surface area contributed by atoms with E-state index in [1.54, 1.807) is 17.3 Å². The molecule has 2 saturated heterocycles. The number of fused-ring (bicyclic) bond motifs is 2. The fraction of sp³-hybridized carbons (Fsp3) is 0.571. The maximum atomic E-state index is 14.6. The Morgan fingerprint density at radius 1 is 0.918 bits per heavy atom. The monoisotopic (exact) mass is 866 g/mol. The van der Waals surface area contributed by atoms with Crippen LogP contribution in [-0.2, 0) is 33.9 Å².